The molecule has 0 spiro atoms. The summed E-state index contributed by atoms with van der Waals surface area (Å²) in [5.41, 5.74) is 0. The van der Waals surface area contributed by atoms with Crippen LogP contribution in [-0.2, 0) is 0 Å². The second kappa shape index (κ2) is 10.1. The Morgan fingerprint density at radius 2 is 0.786 bits per heavy atom. The quantitative estimate of drug-likeness (QED) is 0.520. The number of thioether (sulfide) groups is 4. The summed E-state index contributed by atoms with van der Waals surface area (Å²) in [5.74, 6) is 0. The molecule has 0 radical (unpaired) electrons. The van der Waals surface area contributed by atoms with Gasteiger partial charge in [-0.3, -0.25) is 0 Å². The highest BCUT2D eigenvalue weighted by Gasteiger charge is 2.12. The van der Waals surface area contributed by atoms with Gasteiger partial charge in [-0.25, -0.2) is 0 Å². The van der Waals surface area contributed by atoms with Crippen molar-refractivity contribution in [2.24, 2.45) is 0 Å². The van der Waals surface area contributed by atoms with Crippen molar-refractivity contribution in [1.82, 2.24) is 0 Å². The molecule has 0 aromatic carbocycles. The number of rotatable bonds is 0. The molecule has 0 aliphatic carbocycles. The van der Waals surface area contributed by atoms with Crippen molar-refractivity contribution >= 4 is 47.0 Å². The van der Waals surface area contributed by atoms with Crippen molar-refractivity contribution in [2.75, 3.05) is 0 Å². The van der Waals surface area contributed by atoms with Gasteiger partial charge in [-0.05, 0) is 21.6 Å². The van der Waals surface area contributed by atoms with Gasteiger partial charge in [0.05, 0.1) is 8.47 Å². The molecule has 0 saturated heterocycles. The Morgan fingerprint density at radius 3 is 1.00 bits per heavy atom. The van der Waals surface area contributed by atoms with E-state index in [2.05, 4.69) is 21.6 Å². The first-order valence-corrected chi connectivity index (χ1v) is 8.19. The normalized spacial score (nSPS) is 17.4. The lowest BCUT2D eigenvalue weighted by molar-refractivity contribution is 1.50. The fraction of sp³-hybridized carbons (Fsp3) is 0.400. The van der Waals surface area contributed by atoms with Crippen LogP contribution in [0.5, 0.6) is 0 Å². The second-order valence-electron chi connectivity index (χ2n) is 1.59. The van der Waals surface area contributed by atoms with E-state index in [1.54, 1.807) is 0 Å². The summed E-state index contributed by atoms with van der Waals surface area (Å²) in [6, 6.07) is 0. The van der Waals surface area contributed by atoms with E-state index >= 15 is 0 Å². The molecule has 80 valence electrons. The van der Waals surface area contributed by atoms with Gasteiger partial charge >= 0.3 is 0 Å². The first kappa shape index (κ1) is 14.6. The van der Waals surface area contributed by atoms with Gasteiger partial charge in [0, 0.05) is 0 Å². The third kappa shape index (κ3) is 4.91. The zero-order valence-electron chi connectivity index (χ0n) is 8.94. The third-order valence-electron chi connectivity index (χ3n) is 0.978. The molecule has 2 aliphatic rings. The van der Waals surface area contributed by atoms with Crippen molar-refractivity contribution in [1.29, 1.82) is 0 Å². The maximum Gasteiger partial charge on any atom is 0.0694 e. The Bertz CT molecular complexity index is 184. The molecule has 0 amide bonds. The Kier molecular flexibility index (Phi) is 10.6. The monoisotopic (exact) mass is 264 g/mol. The van der Waals surface area contributed by atoms with Crippen LogP contribution in [0, 0.1) is 0 Å². The van der Waals surface area contributed by atoms with E-state index in [9.17, 15) is 0 Å². The van der Waals surface area contributed by atoms with Crippen LogP contribution >= 0.6 is 47.0 Å². The molecule has 0 saturated carbocycles. The minimum Gasteiger partial charge on any atom is -0.0884 e. The predicted molar refractivity (Wildman–Crippen MR) is 78.4 cm³/mol. The molecule has 0 unspecified atom stereocenters. The minimum absolute atomic E-state index is 1.43. The summed E-state index contributed by atoms with van der Waals surface area (Å²) in [6.45, 7) is 8.00. The molecule has 0 aromatic heterocycles. The summed E-state index contributed by atoms with van der Waals surface area (Å²) in [4.78, 5) is 0. The average molecular weight is 265 g/mol. The van der Waals surface area contributed by atoms with Crippen LogP contribution < -0.4 is 0 Å². The van der Waals surface area contributed by atoms with Gasteiger partial charge in [0.15, 0.2) is 0 Å². The van der Waals surface area contributed by atoms with Crippen LogP contribution in [0.2, 0.25) is 0 Å². The SMILES string of the molecule is C1=CSC(=C2SC=CS2)S1.CC.CC. The molecule has 2 rings (SSSR count). The molecular formula is C10H16S4. The molecule has 0 N–H and O–H groups in total. The van der Waals surface area contributed by atoms with E-state index in [4.69, 9.17) is 0 Å². The molecule has 4 heteroatoms. The van der Waals surface area contributed by atoms with E-state index in [0.717, 1.165) is 0 Å². The zero-order valence-corrected chi connectivity index (χ0v) is 12.2. The smallest absolute Gasteiger partial charge is 0.0694 e. The Hall–Kier alpha value is 0.620. The Labute approximate surface area is 104 Å². The van der Waals surface area contributed by atoms with Crippen molar-refractivity contribution in [3.05, 3.63) is 30.1 Å². The van der Waals surface area contributed by atoms with Crippen molar-refractivity contribution in [3.63, 3.8) is 0 Å². The number of hydrogen-bond acceptors (Lipinski definition) is 4. The van der Waals surface area contributed by atoms with Crippen LogP contribution in [0.15, 0.2) is 30.1 Å². The lowest BCUT2D eigenvalue weighted by atomic mass is 11.0. The van der Waals surface area contributed by atoms with Crippen LogP contribution in [-0.4, -0.2) is 0 Å². The first-order chi connectivity index (χ1) is 6.97. The highest BCUT2D eigenvalue weighted by Crippen LogP contribution is 2.50. The zero-order chi connectivity index (χ0) is 10.8. The van der Waals surface area contributed by atoms with Gasteiger partial charge in [-0.2, -0.15) is 0 Å². The molecule has 0 bridgehead atoms. The van der Waals surface area contributed by atoms with Gasteiger partial charge in [0.1, 0.15) is 0 Å². The molecule has 2 heterocycles. The van der Waals surface area contributed by atoms with E-state index in [1.165, 1.54) is 8.47 Å². The predicted octanol–water partition coefficient (Wildman–Crippen LogP) is 6.07. The molecule has 0 atom stereocenters. The van der Waals surface area contributed by atoms with Crippen LogP contribution in [0.3, 0.4) is 0 Å². The lowest BCUT2D eigenvalue weighted by Crippen LogP contribution is -1.62. The average Bonchev–Trinajstić information content (AvgIpc) is 2.96. The summed E-state index contributed by atoms with van der Waals surface area (Å²) in [7, 11) is 0. The highest BCUT2D eigenvalue weighted by molar-refractivity contribution is 8.33. The fourth-order valence-corrected chi connectivity index (χ4v) is 4.64. The maximum absolute atomic E-state index is 2.13. The van der Waals surface area contributed by atoms with Gasteiger partial charge in [-0.1, -0.05) is 74.7 Å². The minimum atomic E-state index is 1.43. The molecule has 0 nitrogen and oxygen atoms in total. The van der Waals surface area contributed by atoms with Crippen molar-refractivity contribution < 1.29 is 0 Å². The van der Waals surface area contributed by atoms with Crippen molar-refractivity contribution in [2.45, 2.75) is 27.7 Å². The second-order valence-corrected chi connectivity index (χ2v) is 5.77. The molecule has 0 fully saturated rings. The van der Waals surface area contributed by atoms with Crippen LogP contribution in [0.1, 0.15) is 27.7 Å². The molecule has 14 heavy (non-hydrogen) atoms. The Balaban J connectivity index is 0.000000379. The maximum atomic E-state index is 2.13. The van der Waals surface area contributed by atoms with Gasteiger partial charge in [-0.15, -0.1) is 0 Å². The van der Waals surface area contributed by atoms with Gasteiger partial charge in [0.25, 0.3) is 0 Å². The number of hydrogen-bond donors (Lipinski definition) is 0. The first-order valence-electron chi connectivity index (χ1n) is 4.68. The fourth-order valence-electron chi connectivity index (χ4n) is 0.606. The molecule has 2 aliphatic heterocycles. The van der Waals surface area contributed by atoms with Gasteiger partial charge < -0.3 is 0 Å². The summed E-state index contributed by atoms with van der Waals surface area (Å²) in [5, 5.41) is 8.53. The van der Waals surface area contributed by atoms with E-state index < -0.39 is 0 Å². The lowest BCUT2D eigenvalue weighted by Gasteiger charge is -1.97. The largest absolute Gasteiger partial charge is 0.0884 e. The highest BCUT2D eigenvalue weighted by atomic mass is 32.2. The van der Waals surface area contributed by atoms with E-state index in [0.29, 0.717) is 0 Å². The molecule has 0 aromatic rings. The van der Waals surface area contributed by atoms with Crippen molar-refractivity contribution in [3.8, 4) is 0 Å². The standard InChI is InChI=1S/C6H4S4.2C2H6/c1-2-8-5(7-1)6-9-3-4-10-6;2*1-2/h1-4H;2*1-2H3. The Morgan fingerprint density at radius 1 is 0.571 bits per heavy atom. The van der Waals surface area contributed by atoms with E-state index in [-0.39, 0.29) is 0 Å². The van der Waals surface area contributed by atoms with E-state index in [1.807, 2.05) is 74.7 Å². The van der Waals surface area contributed by atoms with Gasteiger partial charge in [0.2, 0.25) is 0 Å². The van der Waals surface area contributed by atoms with Crippen LogP contribution in [0.4, 0.5) is 0 Å². The topological polar surface area (TPSA) is 0 Å². The summed E-state index contributed by atoms with van der Waals surface area (Å²) >= 11 is 7.28. The molecular weight excluding hydrogens is 248 g/mol. The van der Waals surface area contributed by atoms with Crippen LogP contribution in [0.25, 0.3) is 0 Å². The summed E-state index contributed by atoms with van der Waals surface area (Å²) in [6.07, 6.45) is 0. The third-order valence-corrected chi connectivity index (χ3v) is 5.76. The summed E-state index contributed by atoms with van der Waals surface area (Å²) < 4.78 is 2.86.